The predicted molar refractivity (Wildman–Crippen MR) is 114 cm³/mol. The molecule has 1 aromatic heterocycles. The lowest BCUT2D eigenvalue weighted by Gasteiger charge is -2.26. The van der Waals surface area contributed by atoms with Crippen LogP contribution in [0.25, 0.3) is 5.69 Å². The third-order valence-corrected chi connectivity index (χ3v) is 7.91. The molecule has 0 spiro atoms. The standard InChI is InChI=1S/C21H19BrN4O3S/c22-14-7-9-15(10-8-14)26-20(13-5-6-13)19(24-25-26)21(27)23-17-11-12-30(28,29)18-4-2-1-3-16(17)18/h1-4,7-10,13,17H,5-6,11-12H2,(H,23,27). The maximum absolute atomic E-state index is 13.2. The lowest BCUT2D eigenvalue weighted by Crippen LogP contribution is -2.34. The smallest absolute Gasteiger partial charge is 0.274 e. The van der Waals surface area contributed by atoms with Gasteiger partial charge in [-0.05, 0) is 55.2 Å². The van der Waals surface area contributed by atoms with Crippen molar-refractivity contribution in [2.75, 3.05) is 5.75 Å². The van der Waals surface area contributed by atoms with Crippen molar-refractivity contribution in [2.45, 2.75) is 36.1 Å². The molecule has 1 unspecified atom stereocenters. The van der Waals surface area contributed by atoms with E-state index >= 15 is 0 Å². The molecule has 1 atom stereocenters. The average Bonchev–Trinajstić information content (AvgIpc) is 3.49. The van der Waals surface area contributed by atoms with Crippen LogP contribution in [-0.4, -0.2) is 35.1 Å². The molecule has 1 aliphatic heterocycles. The van der Waals surface area contributed by atoms with Crippen molar-refractivity contribution in [2.24, 2.45) is 0 Å². The predicted octanol–water partition coefficient (Wildman–Crippen LogP) is 3.56. The van der Waals surface area contributed by atoms with E-state index in [0.717, 1.165) is 28.7 Å². The largest absolute Gasteiger partial charge is 0.344 e. The molecular weight excluding hydrogens is 468 g/mol. The Hall–Kier alpha value is -2.52. The molecule has 0 radical (unpaired) electrons. The summed E-state index contributed by atoms with van der Waals surface area (Å²) in [7, 11) is -3.31. The fourth-order valence-corrected chi connectivity index (χ4v) is 5.80. The summed E-state index contributed by atoms with van der Waals surface area (Å²) < 4.78 is 27.4. The summed E-state index contributed by atoms with van der Waals surface area (Å²) >= 11 is 3.43. The summed E-state index contributed by atoms with van der Waals surface area (Å²) in [6, 6.07) is 14.2. The highest BCUT2D eigenvalue weighted by Gasteiger charge is 2.36. The average molecular weight is 487 g/mol. The van der Waals surface area contributed by atoms with Gasteiger partial charge in [0.15, 0.2) is 15.5 Å². The third kappa shape index (κ3) is 3.45. The van der Waals surface area contributed by atoms with E-state index < -0.39 is 9.84 Å². The summed E-state index contributed by atoms with van der Waals surface area (Å²) in [5.41, 5.74) is 2.60. The van der Waals surface area contributed by atoms with Crippen molar-refractivity contribution in [1.29, 1.82) is 0 Å². The molecule has 1 aliphatic carbocycles. The molecule has 0 saturated heterocycles. The van der Waals surface area contributed by atoms with E-state index in [1.54, 1.807) is 28.9 Å². The molecule has 9 heteroatoms. The van der Waals surface area contributed by atoms with Crippen molar-refractivity contribution >= 4 is 31.7 Å². The molecule has 30 heavy (non-hydrogen) atoms. The van der Waals surface area contributed by atoms with Gasteiger partial charge in [0.2, 0.25) is 0 Å². The Morgan fingerprint density at radius 3 is 2.53 bits per heavy atom. The molecule has 0 bridgehead atoms. The fourth-order valence-electron chi connectivity index (χ4n) is 3.91. The van der Waals surface area contributed by atoms with Crippen LogP contribution in [0.3, 0.4) is 0 Å². The van der Waals surface area contributed by atoms with Crippen LogP contribution in [0.1, 0.15) is 53.0 Å². The normalized spacial score (nSPS) is 19.8. The van der Waals surface area contributed by atoms with Crippen LogP contribution in [0.5, 0.6) is 0 Å². The quantitative estimate of drug-likeness (QED) is 0.608. The molecule has 1 N–H and O–H groups in total. The van der Waals surface area contributed by atoms with Crippen LogP contribution in [0, 0.1) is 0 Å². The van der Waals surface area contributed by atoms with E-state index in [1.165, 1.54) is 0 Å². The first-order valence-electron chi connectivity index (χ1n) is 9.78. The van der Waals surface area contributed by atoms with Gasteiger partial charge in [-0.25, -0.2) is 13.1 Å². The van der Waals surface area contributed by atoms with Crippen LogP contribution in [-0.2, 0) is 9.84 Å². The van der Waals surface area contributed by atoms with E-state index in [9.17, 15) is 13.2 Å². The van der Waals surface area contributed by atoms with E-state index in [-0.39, 0.29) is 23.6 Å². The van der Waals surface area contributed by atoms with Crippen LogP contribution in [0.2, 0.25) is 0 Å². The molecule has 2 aliphatic rings. The van der Waals surface area contributed by atoms with E-state index in [4.69, 9.17) is 0 Å². The number of halogens is 1. The number of sulfone groups is 1. The minimum atomic E-state index is -3.31. The van der Waals surface area contributed by atoms with Gasteiger partial charge >= 0.3 is 0 Å². The minimum Gasteiger partial charge on any atom is -0.344 e. The topological polar surface area (TPSA) is 93.9 Å². The highest BCUT2D eigenvalue weighted by molar-refractivity contribution is 9.10. The van der Waals surface area contributed by atoms with Crippen molar-refractivity contribution in [3.05, 3.63) is 70.0 Å². The van der Waals surface area contributed by atoms with Crippen LogP contribution in [0.4, 0.5) is 0 Å². The first kappa shape index (κ1) is 19.4. The first-order valence-corrected chi connectivity index (χ1v) is 12.2. The number of aromatic nitrogens is 3. The molecule has 3 aromatic rings. The van der Waals surface area contributed by atoms with Gasteiger partial charge in [0.25, 0.3) is 5.91 Å². The molecule has 5 rings (SSSR count). The van der Waals surface area contributed by atoms with Gasteiger partial charge in [-0.3, -0.25) is 4.79 Å². The summed E-state index contributed by atoms with van der Waals surface area (Å²) in [6.07, 6.45) is 2.33. The number of amides is 1. The molecule has 154 valence electrons. The Balaban J connectivity index is 1.47. The SMILES string of the molecule is O=C(NC1CCS(=O)(=O)c2ccccc21)c1nnn(-c2ccc(Br)cc2)c1C1CC1. The summed E-state index contributed by atoms with van der Waals surface area (Å²) in [5.74, 6) is -0.0569. The van der Waals surface area contributed by atoms with Crippen molar-refractivity contribution < 1.29 is 13.2 Å². The highest BCUT2D eigenvalue weighted by atomic mass is 79.9. The second-order valence-corrected chi connectivity index (χ2v) is 10.7. The number of rotatable bonds is 4. The molecule has 2 aromatic carbocycles. The van der Waals surface area contributed by atoms with Crippen LogP contribution < -0.4 is 5.32 Å². The lowest BCUT2D eigenvalue weighted by atomic mass is 10.0. The van der Waals surface area contributed by atoms with Crippen molar-refractivity contribution in [1.82, 2.24) is 20.3 Å². The number of fused-ring (bicyclic) bond motifs is 1. The maximum Gasteiger partial charge on any atom is 0.274 e. The third-order valence-electron chi connectivity index (χ3n) is 5.57. The Bertz CT molecular complexity index is 1230. The van der Waals surface area contributed by atoms with Gasteiger partial charge < -0.3 is 5.32 Å². The van der Waals surface area contributed by atoms with E-state index in [1.807, 2.05) is 24.3 Å². The summed E-state index contributed by atoms with van der Waals surface area (Å²) in [6.45, 7) is 0. The number of nitrogens with zero attached hydrogens (tertiary/aromatic N) is 3. The minimum absolute atomic E-state index is 0.00995. The number of carbonyl (C=O) groups is 1. The monoisotopic (exact) mass is 486 g/mol. The maximum atomic E-state index is 13.2. The van der Waals surface area contributed by atoms with E-state index in [0.29, 0.717) is 22.6 Å². The second-order valence-electron chi connectivity index (χ2n) is 7.66. The fraction of sp³-hybridized carbons (Fsp3) is 0.286. The number of carbonyl (C=O) groups excluding carboxylic acids is 1. The number of hydrogen-bond acceptors (Lipinski definition) is 5. The van der Waals surface area contributed by atoms with Gasteiger partial charge in [-0.15, -0.1) is 5.10 Å². The Kier molecular flexibility index (Phi) is 4.74. The van der Waals surface area contributed by atoms with Gasteiger partial charge in [0.1, 0.15) is 0 Å². The first-order chi connectivity index (χ1) is 14.4. The second kappa shape index (κ2) is 7.31. The highest BCUT2D eigenvalue weighted by Crippen LogP contribution is 2.42. The van der Waals surface area contributed by atoms with Gasteiger partial charge in [0, 0.05) is 10.4 Å². The Morgan fingerprint density at radius 1 is 1.07 bits per heavy atom. The Labute approximate surface area is 182 Å². The molecular formula is C21H19BrN4O3S. The lowest BCUT2D eigenvalue weighted by molar-refractivity contribution is 0.0928. The number of hydrogen-bond donors (Lipinski definition) is 1. The molecule has 1 fully saturated rings. The summed E-state index contributed by atoms with van der Waals surface area (Å²) in [5, 5.41) is 11.5. The summed E-state index contributed by atoms with van der Waals surface area (Å²) in [4.78, 5) is 13.4. The van der Waals surface area contributed by atoms with Crippen molar-refractivity contribution in [3.63, 3.8) is 0 Å². The number of benzene rings is 2. The zero-order chi connectivity index (χ0) is 20.9. The molecule has 1 saturated carbocycles. The number of nitrogens with one attached hydrogen (secondary N) is 1. The van der Waals surface area contributed by atoms with Gasteiger partial charge in [0.05, 0.1) is 28.1 Å². The molecule has 7 nitrogen and oxygen atoms in total. The molecule has 1 amide bonds. The Morgan fingerprint density at radius 2 is 1.80 bits per heavy atom. The molecule has 2 heterocycles. The van der Waals surface area contributed by atoms with Gasteiger partial charge in [-0.1, -0.05) is 39.3 Å². The van der Waals surface area contributed by atoms with Crippen LogP contribution >= 0.6 is 15.9 Å². The van der Waals surface area contributed by atoms with Crippen LogP contribution in [0.15, 0.2) is 57.9 Å². The van der Waals surface area contributed by atoms with E-state index in [2.05, 4.69) is 31.6 Å². The zero-order valence-corrected chi connectivity index (χ0v) is 18.4. The van der Waals surface area contributed by atoms with Crippen molar-refractivity contribution in [3.8, 4) is 5.69 Å². The zero-order valence-electron chi connectivity index (χ0n) is 16.0. The van der Waals surface area contributed by atoms with Gasteiger partial charge in [-0.2, -0.15) is 0 Å².